The maximum absolute atomic E-state index is 10.8. The van der Waals surface area contributed by atoms with Crippen LogP contribution in [0.3, 0.4) is 0 Å². The van der Waals surface area contributed by atoms with Crippen LogP contribution in [0.4, 0.5) is 0 Å². The van der Waals surface area contributed by atoms with Gasteiger partial charge in [-0.25, -0.2) is 4.90 Å². The Morgan fingerprint density at radius 3 is 2.80 bits per heavy atom. The molecule has 4 heteroatoms. The highest BCUT2D eigenvalue weighted by atomic mass is 16.6. The summed E-state index contributed by atoms with van der Waals surface area (Å²) in [5, 5.41) is 10.8. The molecule has 3 aliphatic rings. The lowest BCUT2D eigenvalue weighted by Crippen LogP contribution is -2.49. The summed E-state index contributed by atoms with van der Waals surface area (Å²) in [4.78, 5) is 12.6. The first-order valence-electron chi connectivity index (χ1n) is 5.81. The fourth-order valence-corrected chi connectivity index (χ4v) is 3.86. The van der Waals surface area contributed by atoms with Gasteiger partial charge in [0.1, 0.15) is 6.04 Å². The molecule has 0 bridgehead atoms. The molecule has 0 radical (unpaired) electrons. The fraction of sp³-hybridized carbons (Fsp3) is 0.818. The Morgan fingerprint density at radius 2 is 2.40 bits per heavy atom. The number of hydrogen-bond donors (Lipinski definition) is 0. The van der Waals surface area contributed by atoms with Crippen molar-refractivity contribution in [1.82, 2.24) is 4.90 Å². The molecule has 3 rings (SSSR count). The van der Waals surface area contributed by atoms with Crippen LogP contribution in [0.25, 0.3) is 0 Å². The lowest BCUT2D eigenvalue weighted by molar-refractivity contribution is -0.431. The minimum absolute atomic E-state index is 0.208. The molecule has 0 aromatic rings. The van der Waals surface area contributed by atoms with Crippen LogP contribution in [0.5, 0.6) is 0 Å². The highest BCUT2D eigenvalue weighted by Crippen LogP contribution is 2.68. The SMILES string of the molecule is CCCC12CCC1N1C(=C1[N+](=O)[O-])C2C. The standard InChI is InChI=1S/C11H16N2O2/c1-3-5-11-6-4-8(11)12-9(7(11)2)10(12)13(14)15/h7-8H,3-6H2,1-2H3. The zero-order valence-electron chi connectivity index (χ0n) is 9.19. The van der Waals surface area contributed by atoms with Crippen molar-refractivity contribution in [3.05, 3.63) is 21.6 Å². The summed E-state index contributed by atoms with van der Waals surface area (Å²) in [6.45, 7) is 4.38. The van der Waals surface area contributed by atoms with Crippen LogP contribution < -0.4 is 0 Å². The summed E-state index contributed by atoms with van der Waals surface area (Å²) in [6.07, 6.45) is 4.82. The molecule has 15 heavy (non-hydrogen) atoms. The zero-order chi connectivity index (χ0) is 10.8. The number of allylic oxidation sites excluding steroid dienone is 1. The average molecular weight is 208 g/mol. The molecule has 0 spiro atoms. The second kappa shape index (κ2) is 2.54. The van der Waals surface area contributed by atoms with Gasteiger partial charge in [-0.2, -0.15) is 0 Å². The van der Waals surface area contributed by atoms with Crippen molar-refractivity contribution in [3.8, 4) is 0 Å². The highest BCUT2D eigenvalue weighted by molar-refractivity contribution is 5.40. The van der Waals surface area contributed by atoms with Crippen LogP contribution in [0.15, 0.2) is 11.5 Å². The van der Waals surface area contributed by atoms with Gasteiger partial charge in [-0.05, 0) is 24.2 Å². The molecule has 3 atom stereocenters. The van der Waals surface area contributed by atoms with Gasteiger partial charge in [0.25, 0.3) is 0 Å². The van der Waals surface area contributed by atoms with E-state index in [0.717, 1.165) is 12.1 Å². The van der Waals surface area contributed by atoms with Crippen molar-refractivity contribution >= 4 is 0 Å². The Bertz CT molecular complexity index is 377. The van der Waals surface area contributed by atoms with E-state index in [2.05, 4.69) is 13.8 Å². The smallest absolute Gasteiger partial charge is 0.358 e. The van der Waals surface area contributed by atoms with Crippen LogP contribution >= 0.6 is 0 Å². The van der Waals surface area contributed by atoms with E-state index in [1.807, 2.05) is 4.90 Å². The summed E-state index contributed by atoms with van der Waals surface area (Å²) in [5.41, 5.74) is 1.43. The second-order valence-electron chi connectivity index (χ2n) is 5.10. The van der Waals surface area contributed by atoms with Crippen LogP contribution in [-0.2, 0) is 0 Å². The highest BCUT2D eigenvalue weighted by Gasteiger charge is 2.74. The van der Waals surface area contributed by atoms with Crippen molar-refractivity contribution in [2.45, 2.75) is 45.6 Å². The molecule has 0 aromatic heterocycles. The molecular formula is C11H16N2O2. The summed E-state index contributed by atoms with van der Waals surface area (Å²) >= 11 is 0. The minimum atomic E-state index is -0.208. The number of rotatable bonds is 3. The number of nitro groups is 1. The predicted molar refractivity (Wildman–Crippen MR) is 55.4 cm³/mol. The molecule has 1 aliphatic carbocycles. The summed E-state index contributed by atoms with van der Waals surface area (Å²) in [6, 6.07) is 0.461. The molecule has 3 unspecified atom stereocenters. The van der Waals surface area contributed by atoms with E-state index in [0.29, 0.717) is 23.2 Å². The van der Waals surface area contributed by atoms with Crippen LogP contribution in [0.1, 0.15) is 39.5 Å². The topological polar surface area (TPSA) is 46.1 Å². The Morgan fingerprint density at radius 1 is 1.67 bits per heavy atom. The van der Waals surface area contributed by atoms with Crippen molar-refractivity contribution < 1.29 is 4.92 Å². The van der Waals surface area contributed by atoms with Crippen LogP contribution in [0, 0.1) is 21.4 Å². The molecule has 0 amide bonds. The van der Waals surface area contributed by atoms with Crippen molar-refractivity contribution in [1.29, 1.82) is 0 Å². The molecule has 0 N–H and O–H groups in total. The van der Waals surface area contributed by atoms with E-state index < -0.39 is 0 Å². The second-order valence-corrected chi connectivity index (χ2v) is 5.10. The molecule has 82 valence electrons. The van der Waals surface area contributed by atoms with E-state index in [1.54, 1.807) is 0 Å². The normalized spacial score (nSPS) is 41.1. The molecular weight excluding hydrogens is 192 g/mol. The van der Waals surface area contributed by atoms with Gasteiger partial charge >= 0.3 is 5.82 Å². The van der Waals surface area contributed by atoms with Gasteiger partial charge < -0.3 is 10.1 Å². The van der Waals surface area contributed by atoms with E-state index >= 15 is 0 Å². The third-order valence-corrected chi connectivity index (χ3v) is 4.69. The first kappa shape index (κ1) is 9.19. The lowest BCUT2D eigenvalue weighted by atomic mass is 9.57. The predicted octanol–water partition coefficient (Wildman–Crippen LogP) is 2.35. The fourth-order valence-electron chi connectivity index (χ4n) is 3.86. The Balaban J connectivity index is 1.91. The first-order valence-corrected chi connectivity index (χ1v) is 5.81. The zero-order valence-corrected chi connectivity index (χ0v) is 9.19. The third-order valence-electron chi connectivity index (χ3n) is 4.69. The van der Waals surface area contributed by atoms with Crippen LogP contribution in [0.2, 0.25) is 0 Å². The molecule has 2 heterocycles. The van der Waals surface area contributed by atoms with Gasteiger partial charge in [-0.3, -0.25) is 0 Å². The lowest BCUT2D eigenvalue weighted by Gasteiger charge is -2.46. The molecule has 2 fully saturated rings. The Labute approximate surface area is 89.1 Å². The van der Waals surface area contributed by atoms with Crippen molar-refractivity contribution in [2.24, 2.45) is 11.3 Å². The van der Waals surface area contributed by atoms with E-state index in [1.165, 1.54) is 19.3 Å². The molecule has 4 nitrogen and oxygen atoms in total. The van der Waals surface area contributed by atoms with E-state index in [9.17, 15) is 10.1 Å². The molecule has 1 saturated carbocycles. The monoisotopic (exact) mass is 208 g/mol. The molecule has 2 aliphatic heterocycles. The summed E-state index contributed by atoms with van der Waals surface area (Å²) in [7, 11) is 0. The number of hydrogen-bond acceptors (Lipinski definition) is 3. The number of nitrogens with zero attached hydrogens (tertiary/aromatic N) is 2. The molecule has 1 saturated heterocycles. The first-order chi connectivity index (χ1) is 7.13. The summed E-state index contributed by atoms with van der Waals surface area (Å²) < 4.78 is 0. The van der Waals surface area contributed by atoms with Gasteiger partial charge in [-0.15, -0.1) is 0 Å². The van der Waals surface area contributed by atoms with Gasteiger partial charge in [0.05, 0.1) is 0 Å². The van der Waals surface area contributed by atoms with Crippen molar-refractivity contribution in [3.63, 3.8) is 0 Å². The Hall–Kier alpha value is -1.06. The van der Waals surface area contributed by atoms with E-state index in [4.69, 9.17) is 0 Å². The quantitative estimate of drug-likeness (QED) is 0.528. The maximum Gasteiger partial charge on any atom is 0.366 e. The van der Waals surface area contributed by atoms with E-state index in [-0.39, 0.29) is 4.92 Å². The van der Waals surface area contributed by atoms with Crippen LogP contribution in [-0.4, -0.2) is 15.9 Å². The maximum atomic E-state index is 10.8. The largest absolute Gasteiger partial charge is 0.366 e. The minimum Gasteiger partial charge on any atom is -0.358 e. The van der Waals surface area contributed by atoms with Gasteiger partial charge in [0, 0.05) is 11.3 Å². The average Bonchev–Trinajstić information content (AvgIpc) is 2.82. The Kier molecular flexibility index (Phi) is 1.56. The van der Waals surface area contributed by atoms with Gasteiger partial charge in [0.15, 0.2) is 0 Å². The number of fused-ring (bicyclic) bond motifs is 3. The third kappa shape index (κ3) is 0.840. The van der Waals surface area contributed by atoms with Crippen molar-refractivity contribution in [2.75, 3.05) is 0 Å². The summed E-state index contributed by atoms with van der Waals surface area (Å²) in [5.74, 6) is 0.829. The van der Waals surface area contributed by atoms with Gasteiger partial charge in [-0.1, -0.05) is 20.3 Å². The molecule has 0 aromatic carbocycles. The van der Waals surface area contributed by atoms with Gasteiger partial charge in [0.2, 0.25) is 5.70 Å².